The molecule has 3 nitrogen and oxygen atoms in total. The maximum absolute atomic E-state index is 7.10. The lowest BCUT2D eigenvalue weighted by molar-refractivity contribution is 0.326. The Bertz CT molecular complexity index is 405. The Labute approximate surface area is 173 Å². The first kappa shape index (κ1) is 27.0. The molecule has 0 unspecified atom stereocenters. The first-order valence-corrected chi connectivity index (χ1v) is 22.4. The van der Waals surface area contributed by atoms with Gasteiger partial charge in [-0.15, -0.1) is 11.1 Å². The molecule has 8 heteroatoms. The van der Waals surface area contributed by atoms with Crippen LogP contribution >= 0.6 is 11.1 Å². The van der Waals surface area contributed by atoms with E-state index in [1.165, 1.54) is 18.9 Å². The molecule has 0 rings (SSSR count). The standard InChI is InChI=1S/C18H45ClO3Si4/c1-12-13-14-23(6,7)20-24(8,9)21-25(10,11)22-26(19,15-17(2)3)16-18(4)5/h17-18H,12-16H2,1-11H3. The molecule has 0 aliphatic rings. The highest BCUT2D eigenvalue weighted by molar-refractivity contribution is 7.19. The number of hydrogen-bond donors (Lipinski definition) is 0. The van der Waals surface area contributed by atoms with Gasteiger partial charge in [0, 0.05) is 0 Å². The van der Waals surface area contributed by atoms with Gasteiger partial charge in [0.15, 0.2) is 8.32 Å². The first-order valence-electron chi connectivity index (χ1n) is 10.3. The van der Waals surface area contributed by atoms with Gasteiger partial charge in [0.2, 0.25) is 0 Å². The summed E-state index contributed by atoms with van der Waals surface area (Å²) in [6, 6.07) is 3.15. The van der Waals surface area contributed by atoms with Crippen LogP contribution in [0, 0.1) is 11.8 Å². The minimum absolute atomic E-state index is 0.546. The predicted molar refractivity (Wildman–Crippen MR) is 126 cm³/mol. The topological polar surface area (TPSA) is 27.7 Å². The fraction of sp³-hybridized carbons (Fsp3) is 1.00. The van der Waals surface area contributed by atoms with Gasteiger partial charge < -0.3 is 12.3 Å². The molecule has 0 aliphatic carbocycles. The highest BCUT2D eigenvalue weighted by atomic mass is 35.6. The molecule has 0 aliphatic heterocycles. The Balaban J connectivity index is 5.10. The van der Waals surface area contributed by atoms with Crippen LogP contribution in [-0.2, 0) is 12.3 Å². The summed E-state index contributed by atoms with van der Waals surface area (Å²) < 4.78 is 19.9. The lowest BCUT2D eigenvalue weighted by Crippen LogP contribution is -2.56. The minimum Gasteiger partial charge on any atom is -0.436 e. The Morgan fingerprint density at radius 2 is 1.15 bits per heavy atom. The van der Waals surface area contributed by atoms with Crippen LogP contribution in [0.25, 0.3) is 0 Å². The Kier molecular flexibility index (Phi) is 11.1. The van der Waals surface area contributed by atoms with E-state index in [9.17, 15) is 0 Å². The average molecular weight is 457 g/mol. The van der Waals surface area contributed by atoms with Crippen LogP contribution in [0.3, 0.4) is 0 Å². The molecule has 0 spiro atoms. The smallest absolute Gasteiger partial charge is 0.313 e. The number of unbranched alkanes of at least 4 members (excludes halogenated alkanes) is 1. The second-order valence-corrected chi connectivity index (χ2v) is 26.8. The van der Waals surface area contributed by atoms with Crippen molar-refractivity contribution in [1.29, 1.82) is 0 Å². The molecule has 0 atom stereocenters. The van der Waals surface area contributed by atoms with Crippen LogP contribution in [0.4, 0.5) is 0 Å². The van der Waals surface area contributed by atoms with E-state index in [1.807, 2.05) is 0 Å². The van der Waals surface area contributed by atoms with E-state index >= 15 is 0 Å². The normalized spacial score (nSPS) is 14.5. The van der Waals surface area contributed by atoms with Crippen LogP contribution in [0.1, 0.15) is 47.5 Å². The van der Waals surface area contributed by atoms with Gasteiger partial charge in [0.1, 0.15) is 0 Å². The molecule has 0 amide bonds. The Morgan fingerprint density at radius 1 is 0.731 bits per heavy atom. The second-order valence-electron chi connectivity index (χ2n) is 10.0. The summed E-state index contributed by atoms with van der Waals surface area (Å²) in [6.07, 6.45) is 2.46. The summed E-state index contributed by atoms with van der Waals surface area (Å²) in [7, 11) is -8.58. The number of rotatable bonds is 13. The van der Waals surface area contributed by atoms with Crippen molar-refractivity contribution in [1.82, 2.24) is 0 Å². The largest absolute Gasteiger partial charge is 0.436 e. The molecule has 0 N–H and O–H groups in total. The molecule has 0 bridgehead atoms. The summed E-state index contributed by atoms with van der Waals surface area (Å²) in [6.45, 7) is 24.4. The van der Waals surface area contributed by atoms with Crippen molar-refractivity contribution in [3.8, 4) is 0 Å². The number of halogens is 1. The molecule has 0 aromatic rings. The third-order valence-electron chi connectivity index (χ3n) is 4.00. The van der Waals surface area contributed by atoms with E-state index in [4.69, 9.17) is 23.4 Å². The van der Waals surface area contributed by atoms with Gasteiger partial charge in [-0.2, -0.15) is 0 Å². The third-order valence-corrected chi connectivity index (χ3v) is 21.6. The molecule has 0 heterocycles. The first-order chi connectivity index (χ1) is 11.5. The third kappa shape index (κ3) is 12.5. The van der Waals surface area contributed by atoms with Gasteiger partial charge in [0.25, 0.3) is 7.63 Å². The predicted octanol–water partition coefficient (Wildman–Crippen LogP) is 7.44. The van der Waals surface area contributed by atoms with E-state index in [-0.39, 0.29) is 0 Å². The minimum atomic E-state index is -2.35. The monoisotopic (exact) mass is 456 g/mol. The van der Waals surface area contributed by atoms with Crippen molar-refractivity contribution in [3.05, 3.63) is 0 Å². The van der Waals surface area contributed by atoms with E-state index in [0.29, 0.717) is 11.8 Å². The van der Waals surface area contributed by atoms with Gasteiger partial charge in [-0.3, -0.25) is 0 Å². The molecule has 0 saturated carbocycles. The summed E-state index contributed by atoms with van der Waals surface area (Å²) in [5.74, 6) is 1.09. The second kappa shape index (κ2) is 10.7. The van der Waals surface area contributed by atoms with Crippen LogP contribution in [0.15, 0.2) is 0 Å². The van der Waals surface area contributed by atoms with Crippen LogP contribution in [-0.4, -0.2) is 33.1 Å². The fourth-order valence-corrected chi connectivity index (χ4v) is 26.9. The SMILES string of the molecule is CCCC[Si](C)(C)O[Si](C)(C)O[Si](C)(C)O[Si](Cl)(CC(C)C)CC(C)C. The molecule has 158 valence electrons. The molecule has 0 aromatic carbocycles. The summed E-state index contributed by atoms with van der Waals surface area (Å²) in [4.78, 5) is 0. The Hall–Kier alpha value is 1.04. The van der Waals surface area contributed by atoms with Crippen molar-refractivity contribution in [2.24, 2.45) is 11.8 Å². The van der Waals surface area contributed by atoms with E-state index in [0.717, 1.165) is 12.1 Å². The molecule has 0 radical (unpaired) electrons. The Morgan fingerprint density at radius 3 is 1.54 bits per heavy atom. The zero-order chi connectivity index (χ0) is 20.8. The quantitative estimate of drug-likeness (QED) is 0.213. The lowest BCUT2D eigenvalue weighted by Gasteiger charge is -2.41. The fourth-order valence-electron chi connectivity index (χ4n) is 3.78. The van der Waals surface area contributed by atoms with Gasteiger partial charge in [-0.1, -0.05) is 47.5 Å². The average Bonchev–Trinajstić information content (AvgIpc) is 2.29. The van der Waals surface area contributed by atoms with E-state index in [2.05, 4.69) is 73.9 Å². The molecular weight excluding hydrogens is 412 g/mol. The van der Waals surface area contributed by atoms with Crippen molar-refractivity contribution in [3.63, 3.8) is 0 Å². The van der Waals surface area contributed by atoms with Crippen molar-refractivity contribution in [2.45, 2.75) is 105 Å². The maximum Gasteiger partial charge on any atom is 0.313 e. The zero-order valence-electron chi connectivity index (χ0n) is 19.3. The van der Waals surface area contributed by atoms with Crippen LogP contribution in [0.5, 0.6) is 0 Å². The van der Waals surface area contributed by atoms with Crippen LogP contribution < -0.4 is 0 Å². The van der Waals surface area contributed by atoms with Gasteiger partial charge in [-0.05, 0) is 69.3 Å². The lowest BCUT2D eigenvalue weighted by atomic mass is 10.3. The van der Waals surface area contributed by atoms with Crippen molar-refractivity contribution < 1.29 is 12.3 Å². The molecular formula is C18H45ClO3Si4. The molecule has 0 fully saturated rings. The van der Waals surface area contributed by atoms with E-state index < -0.39 is 33.1 Å². The highest BCUT2D eigenvalue weighted by Gasteiger charge is 2.46. The summed E-state index contributed by atoms with van der Waals surface area (Å²) >= 11 is 7.10. The summed E-state index contributed by atoms with van der Waals surface area (Å²) in [5.41, 5.74) is 0. The van der Waals surface area contributed by atoms with Gasteiger partial charge in [0.05, 0.1) is 0 Å². The highest BCUT2D eigenvalue weighted by Crippen LogP contribution is 2.34. The van der Waals surface area contributed by atoms with Crippen molar-refractivity contribution in [2.75, 3.05) is 0 Å². The summed E-state index contributed by atoms with van der Waals surface area (Å²) in [5, 5.41) is 0. The number of hydrogen-bond acceptors (Lipinski definition) is 3. The van der Waals surface area contributed by atoms with E-state index in [1.54, 1.807) is 0 Å². The van der Waals surface area contributed by atoms with Crippen molar-refractivity contribution >= 4 is 44.1 Å². The van der Waals surface area contributed by atoms with Gasteiger partial charge >= 0.3 is 17.1 Å². The molecule has 0 aromatic heterocycles. The molecule has 0 saturated heterocycles. The maximum atomic E-state index is 7.10. The zero-order valence-corrected chi connectivity index (χ0v) is 24.0. The molecule has 26 heavy (non-hydrogen) atoms. The van der Waals surface area contributed by atoms with Crippen LogP contribution in [0.2, 0.25) is 57.4 Å². The van der Waals surface area contributed by atoms with Gasteiger partial charge in [-0.25, -0.2) is 0 Å².